The van der Waals surface area contributed by atoms with Crippen LogP contribution in [0.25, 0.3) is 11.3 Å². The average molecular weight is 418 g/mol. The minimum absolute atomic E-state index is 0.0204. The van der Waals surface area contributed by atoms with Crippen LogP contribution in [0, 0.1) is 19.7 Å². The third-order valence-corrected chi connectivity index (χ3v) is 6.87. The van der Waals surface area contributed by atoms with Crippen molar-refractivity contribution >= 4 is 10.0 Å². The molecule has 29 heavy (non-hydrogen) atoms. The zero-order valence-corrected chi connectivity index (χ0v) is 16.7. The van der Waals surface area contributed by atoms with E-state index in [4.69, 9.17) is 9.26 Å². The van der Waals surface area contributed by atoms with Gasteiger partial charge in [0.25, 0.3) is 0 Å². The second kappa shape index (κ2) is 7.62. The van der Waals surface area contributed by atoms with Crippen molar-refractivity contribution < 1.29 is 22.1 Å². The van der Waals surface area contributed by atoms with Crippen molar-refractivity contribution in [2.24, 2.45) is 0 Å². The Balaban J connectivity index is 1.70. The lowest BCUT2D eigenvalue weighted by Gasteiger charge is -2.32. The third kappa shape index (κ3) is 3.54. The second-order valence-corrected chi connectivity index (χ2v) is 8.52. The Bertz CT molecular complexity index is 1130. The predicted octanol–water partition coefficient (Wildman–Crippen LogP) is 2.65. The Morgan fingerprint density at radius 1 is 1.17 bits per heavy atom. The first-order chi connectivity index (χ1) is 13.9. The fraction of sp³-hybridized carbons (Fsp3) is 0.316. The van der Waals surface area contributed by atoms with Gasteiger partial charge in [-0.3, -0.25) is 9.97 Å². The van der Waals surface area contributed by atoms with E-state index >= 15 is 0 Å². The van der Waals surface area contributed by atoms with Gasteiger partial charge in [0.1, 0.15) is 22.5 Å². The van der Waals surface area contributed by atoms with E-state index in [0.717, 1.165) is 0 Å². The van der Waals surface area contributed by atoms with Gasteiger partial charge in [0.05, 0.1) is 18.0 Å². The first-order valence-electron chi connectivity index (χ1n) is 9.00. The first kappa shape index (κ1) is 19.6. The fourth-order valence-corrected chi connectivity index (χ4v) is 5.14. The number of aryl methyl sites for hydroxylation is 2. The van der Waals surface area contributed by atoms with E-state index in [-0.39, 0.29) is 35.9 Å². The zero-order valence-electron chi connectivity index (χ0n) is 15.9. The standard InChI is InChI=1S/C19H19FN4O4S/c1-12-19(13(2)28-23-12)29(25,26)24-9-10-27-16(11-24)18-17(21-7-8-22-18)14-5-3-4-6-15(14)20/h3-8,16H,9-11H2,1-2H3/t16-/m0/s1. The fourth-order valence-electron chi connectivity index (χ4n) is 3.43. The molecule has 0 amide bonds. The number of sulfonamides is 1. The number of aromatic nitrogens is 3. The van der Waals surface area contributed by atoms with Crippen LogP contribution in [0.2, 0.25) is 0 Å². The van der Waals surface area contributed by atoms with Gasteiger partial charge in [-0.25, -0.2) is 12.8 Å². The van der Waals surface area contributed by atoms with Gasteiger partial charge in [0.2, 0.25) is 10.0 Å². The molecule has 0 saturated carbocycles. The van der Waals surface area contributed by atoms with Crippen LogP contribution >= 0.6 is 0 Å². The summed E-state index contributed by atoms with van der Waals surface area (Å²) in [5, 5.41) is 3.74. The highest BCUT2D eigenvalue weighted by molar-refractivity contribution is 7.89. The van der Waals surface area contributed by atoms with E-state index < -0.39 is 21.9 Å². The highest BCUT2D eigenvalue weighted by atomic mass is 32.2. The van der Waals surface area contributed by atoms with E-state index in [1.165, 1.54) is 22.8 Å². The van der Waals surface area contributed by atoms with Gasteiger partial charge in [-0.1, -0.05) is 17.3 Å². The molecule has 152 valence electrons. The number of rotatable bonds is 4. The van der Waals surface area contributed by atoms with Crippen LogP contribution in [-0.4, -0.2) is 47.5 Å². The molecule has 1 fully saturated rings. The monoisotopic (exact) mass is 418 g/mol. The predicted molar refractivity (Wildman–Crippen MR) is 101 cm³/mol. The molecule has 0 unspecified atom stereocenters. The number of halogens is 1. The molecule has 2 aromatic heterocycles. The SMILES string of the molecule is Cc1noc(C)c1S(=O)(=O)N1CCO[C@H](c2nccnc2-c2ccccc2F)C1. The van der Waals surface area contributed by atoms with Gasteiger partial charge in [-0.15, -0.1) is 0 Å². The smallest absolute Gasteiger partial charge is 0.248 e. The summed E-state index contributed by atoms with van der Waals surface area (Å²) in [6.07, 6.45) is 2.25. The van der Waals surface area contributed by atoms with E-state index in [0.29, 0.717) is 17.1 Å². The highest BCUT2D eigenvalue weighted by Gasteiger charge is 2.36. The molecule has 1 aliphatic rings. The quantitative estimate of drug-likeness (QED) is 0.642. The lowest BCUT2D eigenvalue weighted by atomic mass is 10.1. The van der Waals surface area contributed by atoms with Crippen molar-refractivity contribution in [1.82, 2.24) is 19.4 Å². The number of benzene rings is 1. The van der Waals surface area contributed by atoms with Crippen molar-refractivity contribution in [1.29, 1.82) is 0 Å². The topological polar surface area (TPSA) is 98.4 Å². The van der Waals surface area contributed by atoms with Crippen molar-refractivity contribution in [2.45, 2.75) is 24.8 Å². The van der Waals surface area contributed by atoms with Gasteiger partial charge in [0.15, 0.2) is 5.76 Å². The molecule has 0 spiro atoms. The molecule has 1 atom stereocenters. The van der Waals surface area contributed by atoms with Crippen molar-refractivity contribution in [2.75, 3.05) is 19.7 Å². The zero-order chi connectivity index (χ0) is 20.6. The van der Waals surface area contributed by atoms with Crippen molar-refractivity contribution in [3.8, 4) is 11.3 Å². The van der Waals surface area contributed by atoms with Crippen LogP contribution in [0.5, 0.6) is 0 Å². The Labute approximate surface area is 167 Å². The molecule has 1 saturated heterocycles. The summed E-state index contributed by atoms with van der Waals surface area (Å²) >= 11 is 0. The van der Waals surface area contributed by atoms with Crippen LogP contribution in [0.1, 0.15) is 23.3 Å². The van der Waals surface area contributed by atoms with Crippen LogP contribution in [0.15, 0.2) is 46.1 Å². The molecule has 0 aliphatic carbocycles. The summed E-state index contributed by atoms with van der Waals surface area (Å²) < 4.78 is 52.8. The second-order valence-electron chi connectivity index (χ2n) is 6.65. The van der Waals surface area contributed by atoms with Gasteiger partial charge in [0, 0.05) is 31.0 Å². The number of hydrogen-bond acceptors (Lipinski definition) is 7. The molecule has 3 heterocycles. The number of nitrogens with zero attached hydrogens (tertiary/aromatic N) is 4. The maximum Gasteiger partial charge on any atom is 0.248 e. The average Bonchev–Trinajstić information content (AvgIpc) is 3.07. The van der Waals surface area contributed by atoms with Crippen LogP contribution < -0.4 is 0 Å². The lowest BCUT2D eigenvalue weighted by molar-refractivity contribution is -0.00481. The maximum atomic E-state index is 14.3. The van der Waals surface area contributed by atoms with Gasteiger partial charge in [-0.05, 0) is 26.0 Å². The molecular formula is C19H19FN4O4S. The molecule has 4 rings (SSSR count). The Kier molecular flexibility index (Phi) is 5.15. The van der Waals surface area contributed by atoms with Crippen LogP contribution in [-0.2, 0) is 14.8 Å². The van der Waals surface area contributed by atoms with E-state index in [1.54, 1.807) is 32.0 Å². The Hall–Kier alpha value is -2.69. The summed E-state index contributed by atoms with van der Waals surface area (Å²) in [7, 11) is -3.83. The minimum atomic E-state index is -3.83. The lowest BCUT2D eigenvalue weighted by Crippen LogP contribution is -2.42. The summed E-state index contributed by atoms with van der Waals surface area (Å²) in [4.78, 5) is 8.66. The summed E-state index contributed by atoms with van der Waals surface area (Å²) in [6.45, 7) is 3.51. The number of morpholine rings is 1. The summed E-state index contributed by atoms with van der Waals surface area (Å²) in [5.41, 5.74) is 1.30. The Morgan fingerprint density at radius 2 is 1.93 bits per heavy atom. The minimum Gasteiger partial charge on any atom is -0.369 e. The molecule has 1 aliphatic heterocycles. The van der Waals surface area contributed by atoms with Crippen molar-refractivity contribution in [3.05, 3.63) is 59.6 Å². The molecule has 8 nitrogen and oxygen atoms in total. The molecule has 0 bridgehead atoms. The molecule has 1 aromatic carbocycles. The normalized spacial score (nSPS) is 18.1. The number of ether oxygens (including phenoxy) is 1. The molecule has 0 radical (unpaired) electrons. The summed E-state index contributed by atoms with van der Waals surface area (Å²) in [5.74, 6) is -0.206. The van der Waals surface area contributed by atoms with Crippen LogP contribution in [0.3, 0.4) is 0 Å². The first-order valence-corrected chi connectivity index (χ1v) is 10.4. The number of hydrogen-bond donors (Lipinski definition) is 0. The molecule has 10 heteroatoms. The maximum absolute atomic E-state index is 14.3. The molecule has 3 aromatic rings. The van der Waals surface area contributed by atoms with E-state index in [1.807, 2.05) is 0 Å². The van der Waals surface area contributed by atoms with Gasteiger partial charge < -0.3 is 9.26 Å². The molecule has 0 N–H and O–H groups in total. The van der Waals surface area contributed by atoms with Crippen LogP contribution in [0.4, 0.5) is 4.39 Å². The van der Waals surface area contributed by atoms with E-state index in [9.17, 15) is 12.8 Å². The van der Waals surface area contributed by atoms with Gasteiger partial charge in [-0.2, -0.15) is 4.31 Å². The van der Waals surface area contributed by atoms with E-state index in [2.05, 4.69) is 15.1 Å². The third-order valence-electron chi connectivity index (χ3n) is 4.76. The molecular weight excluding hydrogens is 399 g/mol. The van der Waals surface area contributed by atoms with Crippen molar-refractivity contribution in [3.63, 3.8) is 0 Å². The summed E-state index contributed by atoms with van der Waals surface area (Å²) in [6, 6.07) is 6.23. The highest BCUT2D eigenvalue weighted by Crippen LogP contribution is 2.33. The van der Waals surface area contributed by atoms with Gasteiger partial charge >= 0.3 is 0 Å². The Morgan fingerprint density at radius 3 is 2.66 bits per heavy atom. The largest absolute Gasteiger partial charge is 0.369 e.